The van der Waals surface area contributed by atoms with Gasteiger partial charge in [0, 0.05) is 44.8 Å². The van der Waals surface area contributed by atoms with E-state index >= 15 is 0 Å². The number of rotatable bonds is 5. The summed E-state index contributed by atoms with van der Waals surface area (Å²) in [7, 11) is -1.51. The third kappa shape index (κ3) is 4.01. The first-order chi connectivity index (χ1) is 13.9. The average molecular weight is 421 g/mol. The lowest BCUT2D eigenvalue weighted by Crippen LogP contribution is -2.47. The normalized spacial score (nSPS) is 21.9. The molecule has 0 spiro atoms. The number of hydrogen-bond donors (Lipinski definition) is 0. The van der Waals surface area contributed by atoms with E-state index in [0.29, 0.717) is 24.8 Å². The van der Waals surface area contributed by atoms with Crippen molar-refractivity contribution >= 4 is 15.8 Å². The van der Waals surface area contributed by atoms with Crippen LogP contribution in [0.1, 0.15) is 50.4 Å². The molecule has 158 valence electrons. The zero-order chi connectivity index (χ0) is 20.6. The smallest absolute Gasteiger partial charge is 0.244 e. The highest BCUT2D eigenvalue weighted by atomic mass is 32.2. The van der Waals surface area contributed by atoms with Crippen molar-refractivity contribution in [1.29, 1.82) is 0 Å². The summed E-state index contributed by atoms with van der Waals surface area (Å²) in [5, 5.41) is 4.16. The molecule has 4 heterocycles. The fourth-order valence-corrected chi connectivity index (χ4v) is 5.17. The molecule has 2 aliphatic heterocycles. The van der Waals surface area contributed by atoms with Crippen LogP contribution in [0.25, 0.3) is 0 Å². The van der Waals surface area contributed by atoms with E-state index in [2.05, 4.69) is 24.9 Å². The Hall–Kier alpha value is -2.04. The van der Waals surface area contributed by atoms with Gasteiger partial charge in [0.1, 0.15) is 10.7 Å². The average Bonchev–Trinajstić information content (AvgIpc) is 3.38. The van der Waals surface area contributed by atoms with Gasteiger partial charge in [-0.05, 0) is 32.0 Å². The largest absolute Gasteiger partial charge is 0.346 e. The molecule has 10 heteroatoms. The third-order valence-corrected chi connectivity index (χ3v) is 7.50. The van der Waals surface area contributed by atoms with Crippen molar-refractivity contribution < 1.29 is 12.9 Å². The van der Waals surface area contributed by atoms with Gasteiger partial charge in [0.2, 0.25) is 15.9 Å². The molecule has 0 bridgehead atoms. The summed E-state index contributed by atoms with van der Waals surface area (Å²) in [5.41, 5.74) is 0. The van der Waals surface area contributed by atoms with Gasteiger partial charge in [0.05, 0.1) is 6.04 Å². The lowest BCUT2D eigenvalue weighted by molar-refractivity contribution is 0.222. The van der Waals surface area contributed by atoms with Gasteiger partial charge in [0.15, 0.2) is 5.82 Å². The number of sulfonamides is 1. The third-order valence-electron chi connectivity index (χ3n) is 5.62. The molecule has 2 aliphatic rings. The molecule has 0 N–H and O–H groups in total. The molecule has 0 radical (unpaired) electrons. The molecule has 4 rings (SSSR count). The molecule has 29 heavy (non-hydrogen) atoms. The van der Waals surface area contributed by atoms with Crippen LogP contribution in [0.2, 0.25) is 0 Å². The SMILES string of the molecule is CC(C)c1nc(C2CCCN2c2ccc(S(=O)(=O)N3CCN(C)CC3)cn2)no1. The topological polar surface area (TPSA) is 95.7 Å². The molecule has 2 aromatic heterocycles. The number of aromatic nitrogens is 3. The molecule has 0 aliphatic carbocycles. The lowest BCUT2D eigenvalue weighted by atomic mass is 10.2. The molecule has 2 aromatic rings. The predicted octanol–water partition coefficient (Wildman–Crippen LogP) is 1.87. The van der Waals surface area contributed by atoms with Gasteiger partial charge in [-0.15, -0.1) is 0 Å². The quantitative estimate of drug-likeness (QED) is 0.723. The summed E-state index contributed by atoms with van der Waals surface area (Å²) in [6.45, 7) is 7.35. The summed E-state index contributed by atoms with van der Waals surface area (Å²) >= 11 is 0. The van der Waals surface area contributed by atoms with E-state index in [0.717, 1.165) is 38.3 Å². The molecule has 1 atom stereocenters. The Morgan fingerprint density at radius 1 is 1.14 bits per heavy atom. The molecule has 9 nitrogen and oxygen atoms in total. The van der Waals surface area contributed by atoms with Crippen LogP contribution in [0.5, 0.6) is 0 Å². The van der Waals surface area contributed by atoms with Crippen molar-refractivity contribution in [1.82, 2.24) is 24.3 Å². The van der Waals surface area contributed by atoms with Gasteiger partial charge < -0.3 is 14.3 Å². The van der Waals surface area contributed by atoms with Crippen molar-refractivity contribution in [2.45, 2.75) is 43.5 Å². The van der Waals surface area contributed by atoms with Crippen molar-refractivity contribution in [3.05, 3.63) is 30.0 Å². The fraction of sp³-hybridized carbons (Fsp3) is 0.632. The van der Waals surface area contributed by atoms with Gasteiger partial charge >= 0.3 is 0 Å². The van der Waals surface area contributed by atoms with E-state index in [1.807, 2.05) is 20.9 Å². The van der Waals surface area contributed by atoms with Crippen LogP contribution in [-0.4, -0.2) is 72.5 Å². The number of likely N-dealkylation sites (N-methyl/N-ethyl adjacent to an activating group) is 1. The van der Waals surface area contributed by atoms with Crippen LogP contribution in [0.3, 0.4) is 0 Å². The summed E-state index contributed by atoms with van der Waals surface area (Å²) in [6, 6.07) is 3.44. The molecule has 2 fully saturated rings. The van der Waals surface area contributed by atoms with Crippen molar-refractivity contribution in [2.24, 2.45) is 0 Å². The standard InChI is InChI=1S/C19H28N6O3S/c1-14(2)19-21-18(22-28-19)16-5-4-8-25(16)17-7-6-15(13-20-17)29(26,27)24-11-9-23(3)10-12-24/h6-7,13-14,16H,4-5,8-12H2,1-3H3. The summed E-state index contributed by atoms with van der Waals surface area (Å²) in [5.74, 6) is 2.22. The molecule has 0 amide bonds. The number of anilines is 1. The zero-order valence-electron chi connectivity index (χ0n) is 17.2. The van der Waals surface area contributed by atoms with Gasteiger partial charge in [-0.1, -0.05) is 19.0 Å². The van der Waals surface area contributed by atoms with Crippen LogP contribution >= 0.6 is 0 Å². The van der Waals surface area contributed by atoms with Crippen LogP contribution in [0.4, 0.5) is 5.82 Å². The van der Waals surface area contributed by atoms with E-state index in [-0.39, 0.29) is 16.9 Å². The first-order valence-corrected chi connectivity index (χ1v) is 11.5. The maximum absolute atomic E-state index is 12.9. The Balaban J connectivity index is 1.52. The Kier molecular flexibility index (Phi) is 5.58. The van der Waals surface area contributed by atoms with E-state index in [4.69, 9.17) is 4.52 Å². The second-order valence-electron chi connectivity index (χ2n) is 8.06. The van der Waals surface area contributed by atoms with E-state index < -0.39 is 10.0 Å². The molecular weight excluding hydrogens is 392 g/mol. The zero-order valence-corrected chi connectivity index (χ0v) is 18.0. The van der Waals surface area contributed by atoms with Crippen molar-refractivity contribution in [3.63, 3.8) is 0 Å². The minimum absolute atomic E-state index is 0.00108. The van der Waals surface area contributed by atoms with E-state index in [1.165, 1.54) is 10.5 Å². The van der Waals surface area contributed by atoms with Crippen LogP contribution in [-0.2, 0) is 10.0 Å². The maximum Gasteiger partial charge on any atom is 0.244 e. The Bertz CT molecular complexity index is 935. The minimum Gasteiger partial charge on any atom is -0.346 e. The Labute approximate surface area is 171 Å². The predicted molar refractivity (Wildman–Crippen MR) is 108 cm³/mol. The molecule has 0 aromatic carbocycles. The van der Waals surface area contributed by atoms with Crippen molar-refractivity contribution in [3.8, 4) is 0 Å². The first kappa shape index (κ1) is 20.2. The van der Waals surface area contributed by atoms with Crippen molar-refractivity contribution in [2.75, 3.05) is 44.7 Å². The molecule has 0 saturated carbocycles. The number of hydrogen-bond acceptors (Lipinski definition) is 8. The van der Waals surface area contributed by atoms with Gasteiger partial charge in [0.25, 0.3) is 0 Å². The van der Waals surface area contributed by atoms with E-state index in [1.54, 1.807) is 12.1 Å². The highest BCUT2D eigenvalue weighted by Gasteiger charge is 2.32. The monoisotopic (exact) mass is 420 g/mol. The van der Waals surface area contributed by atoms with Gasteiger partial charge in [-0.2, -0.15) is 9.29 Å². The summed E-state index contributed by atoms with van der Waals surface area (Å²) in [6.07, 6.45) is 3.38. The lowest BCUT2D eigenvalue weighted by Gasteiger charge is -2.31. The Morgan fingerprint density at radius 3 is 2.52 bits per heavy atom. The van der Waals surface area contributed by atoms with Crippen LogP contribution < -0.4 is 4.90 Å². The molecule has 1 unspecified atom stereocenters. The Morgan fingerprint density at radius 2 is 1.90 bits per heavy atom. The summed E-state index contributed by atoms with van der Waals surface area (Å²) < 4.78 is 32.7. The van der Waals surface area contributed by atoms with Gasteiger partial charge in [-0.3, -0.25) is 0 Å². The molecule has 2 saturated heterocycles. The first-order valence-electron chi connectivity index (χ1n) is 10.1. The number of piperazine rings is 1. The second-order valence-corrected chi connectivity index (χ2v) is 9.99. The number of pyridine rings is 1. The summed E-state index contributed by atoms with van der Waals surface area (Å²) in [4.78, 5) is 13.5. The fourth-order valence-electron chi connectivity index (χ4n) is 3.80. The highest BCUT2D eigenvalue weighted by molar-refractivity contribution is 7.89. The number of nitrogens with zero attached hydrogens (tertiary/aromatic N) is 6. The van der Waals surface area contributed by atoms with Gasteiger partial charge in [-0.25, -0.2) is 13.4 Å². The second kappa shape index (κ2) is 8.00. The maximum atomic E-state index is 12.9. The van der Waals surface area contributed by atoms with Crippen LogP contribution in [0, 0.1) is 0 Å². The highest BCUT2D eigenvalue weighted by Crippen LogP contribution is 2.34. The van der Waals surface area contributed by atoms with E-state index in [9.17, 15) is 8.42 Å². The molecular formula is C19H28N6O3S. The van der Waals surface area contributed by atoms with Crippen LogP contribution in [0.15, 0.2) is 27.7 Å². The minimum atomic E-state index is -3.51.